The number of amides is 1. The van der Waals surface area contributed by atoms with Gasteiger partial charge < -0.3 is 10.2 Å². The number of likely N-dealkylation sites (N-methyl/N-ethyl adjacent to an activating group) is 1. The molecule has 0 aromatic heterocycles. The maximum atomic E-state index is 12.4. The van der Waals surface area contributed by atoms with E-state index >= 15 is 0 Å². The molecule has 1 amide bonds. The molecule has 4 heteroatoms. The summed E-state index contributed by atoms with van der Waals surface area (Å²) < 4.78 is 0. The monoisotopic (exact) mass is 270 g/mol. The quantitative estimate of drug-likeness (QED) is 0.797. The zero-order valence-electron chi connectivity index (χ0n) is 11.5. The number of carbonyl (C=O) groups excluding carboxylic acids is 1. The van der Waals surface area contributed by atoms with E-state index in [9.17, 15) is 4.79 Å². The van der Waals surface area contributed by atoms with Crippen LogP contribution in [0.15, 0.2) is 0 Å². The van der Waals surface area contributed by atoms with Gasteiger partial charge in [-0.15, -0.1) is 0 Å². The van der Waals surface area contributed by atoms with Crippen molar-refractivity contribution in [2.75, 3.05) is 31.6 Å². The third-order valence-corrected chi connectivity index (χ3v) is 5.24. The van der Waals surface area contributed by atoms with E-state index in [0.717, 1.165) is 30.5 Å². The third-order valence-electron chi connectivity index (χ3n) is 4.20. The van der Waals surface area contributed by atoms with Crippen molar-refractivity contribution < 1.29 is 4.79 Å². The average Bonchev–Trinajstić information content (AvgIpc) is 2.73. The molecule has 1 aliphatic heterocycles. The highest BCUT2D eigenvalue weighted by Gasteiger charge is 2.27. The summed E-state index contributed by atoms with van der Waals surface area (Å²) in [5, 5.41) is 3.16. The molecular formula is C14H26N2OS. The fourth-order valence-electron chi connectivity index (χ4n) is 3.02. The molecule has 0 aromatic carbocycles. The molecule has 0 aromatic rings. The van der Waals surface area contributed by atoms with Gasteiger partial charge in [0.25, 0.3) is 0 Å². The van der Waals surface area contributed by atoms with Gasteiger partial charge in [0.05, 0.1) is 6.04 Å². The molecule has 1 saturated carbocycles. The Morgan fingerprint density at radius 2 is 2.00 bits per heavy atom. The number of hydrogen-bond acceptors (Lipinski definition) is 3. The number of thioether (sulfide) groups is 1. The van der Waals surface area contributed by atoms with E-state index in [1.54, 1.807) is 0 Å². The van der Waals surface area contributed by atoms with Crippen LogP contribution >= 0.6 is 11.8 Å². The van der Waals surface area contributed by atoms with Crippen molar-refractivity contribution in [1.82, 2.24) is 10.2 Å². The molecule has 0 bridgehead atoms. The molecule has 1 unspecified atom stereocenters. The fraction of sp³-hybridized carbons (Fsp3) is 0.929. The lowest BCUT2D eigenvalue weighted by Gasteiger charge is -2.28. The van der Waals surface area contributed by atoms with E-state index < -0.39 is 0 Å². The first kappa shape index (κ1) is 14.2. The normalized spacial score (nSPS) is 27.9. The molecule has 3 nitrogen and oxygen atoms in total. The molecule has 1 atom stereocenters. The fourth-order valence-corrected chi connectivity index (χ4v) is 4.09. The van der Waals surface area contributed by atoms with Gasteiger partial charge in [0.15, 0.2) is 0 Å². The molecule has 18 heavy (non-hydrogen) atoms. The van der Waals surface area contributed by atoms with Gasteiger partial charge in [-0.25, -0.2) is 0 Å². The average molecular weight is 270 g/mol. The predicted molar refractivity (Wildman–Crippen MR) is 77.9 cm³/mol. The summed E-state index contributed by atoms with van der Waals surface area (Å²) in [6.45, 7) is 1.94. The molecule has 0 radical (unpaired) electrons. The molecule has 2 rings (SSSR count). The van der Waals surface area contributed by atoms with Gasteiger partial charge in [0.1, 0.15) is 0 Å². The maximum absolute atomic E-state index is 12.4. The van der Waals surface area contributed by atoms with Crippen LogP contribution in [0.5, 0.6) is 0 Å². The maximum Gasteiger partial charge on any atom is 0.240 e. The summed E-state index contributed by atoms with van der Waals surface area (Å²) in [6, 6.07) is 0.0308. The number of rotatable bonds is 3. The number of nitrogens with zero attached hydrogens (tertiary/aromatic N) is 1. The van der Waals surface area contributed by atoms with E-state index in [1.807, 2.05) is 18.8 Å². The van der Waals surface area contributed by atoms with Crippen LogP contribution in [0.3, 0.4) is 0 Å². The lowest BCUT2D eigenvalue weighted by Crippen LogP contribution is -2.47. The van der Waals surface area contributed by atoms with Crippen molar-refractivity contribution >= 4 is 17.7 Å². The second-order valence-corrected chi connectivity index (χ2v) is 6.71. The Hall–Kier alpha value is -0.220. The third kappa shape index (κ3) is 3.89. The van der Waals surface area contributed by atoms with Crippen LogP contribution in [-0.2, 0) is 4.79 Å². The Kier molecular flexibility index (Phi) is 5.83. The first-order valence-electron chi connectivity index (χ1n) is 7.35. The van der Waals surface area contributed by atoms with Crippen LogP contribution in [-0.4, -0.2) is 48.5 Å². The lowest BCUT2D eigenvalue weighted by molar-refractivity contribution is -0.133. The van der Waals surface area contributed by atoms with Gasteiger partial charge >= 0.3 is 0 Å². The minimum atomic E-state index is 0.0308. The SMILES string of the molecule is CNC1CSCCN(CC2CCCCCC2)C1=O. The smallest absolute Gasteiger partial charge is 0.240 e. The zero-order valence-corrected chi connectivity index (χ0v) is 12.3. The van der Waals surface area contributed by atoms with Gasteiger partial charge in [0.2, 0.25) is 5.91 Å². The Labute approximate surface area is 115 Å². The number of nitrogens with one attached hydrogen (secondary N) is 1. The Morgan fingerprint density at radius 3 is 2.67 bits per heavy atom. The number of hydrogen-bond donors (Lipinski definition) is 1. The van der Waals surface area contributed by atoms with E-state index in [0.29, 0.717) is 5.91 Å². The highest BCUT2D eigenvalue weighted by molar-refractivity contribution is 7.99. The van der Waals surface area contributed by atoms with E-state index in [1.165, 1.54) is 38.5 Å². The van der Waals surface area contributed by atoms with E-state index in [4.69, 9.17) is 0 Å². The highest BCUT2D eigenvalue weighted by atomic mass is 32.2. The second kappa shape index (κ2) is 7.39. The standard InChI is InChI=1S/C14H26N2OS/c1-15-13-11-18-9-8-16(14(13)17)10-12-6-4-2-3-5-7-12/h12-13,15H,2-11H2,1H3. The van der Waals surface area contributed by atoms with Crippen LogP contribution < -0.4 is 5.32 Å². The molecular weight excluding hydrogens is 244 g/mol. The minimum absolute atomic E-state index is 0.0308. The van der Waals surface area contributed by atoms with Crippen molar-refractivity contribution in [2.24, 2.45) is 5.92 Å². The van der Waals surface area contributed by atoms with Gasteiger partial charge in [-0.2, -0.15) is 11.8 Å². The van der Waals surface area contributed by atoms with Gasteiger partial charge in [-0.3, -0.25) is 4.79 Å². The topological polar surface area (TPSA) is 32.3 Å². The zero-order chi connectivity index (χ0) is 12.8. The first-order chi connectivity index (χ1) is 8.81. The van der Waals surface area contributed by atoms with E-state index in [2.05, 4.69) is 10.2 Å². The van der Waals surface area contributed by atoms with Crippen molar-refractivity contribution in [3.63, 3.8) is 0 Å². The van der Waals surface area contributed by atoms with Crippen LogP contribution in [0.2, 0.25) is 0 Å². The summed E-state index contributed by atoms with van der Waals surface area (Å²) in [5.74, 6) is 3.09. The Bertz CT molecular complexity index is 265. The summed E-state index contributed by atoms with van der Waals surface area (Å²) in [4.78, 5) is 14.5. The molecule has 1 saturated heterocycles. The van der Waals surface area contributed by atoms with Gasteiger partial charge in [-0.05, 0) is 25.8 Å². The van der Waals surface area contributed by atoms with Gasteiger partial charge in [-0.1, -0.05) is 25.7 Å². The molecule has 2 fully saturated rings. The second-order valence-electron chi connectivity index (χ2n) is 5.56. The van der Waals surface area contributed by atoms with Crippen molar-refractivity contribution in [2.45, 2.75) is 44.6 Å². The summed E-state index contributed by atoms with van der Waals surface area (Å²) in [7, 11) is 1.90. The lowest BCUT2D eigenvalue weighted by atomic mass is 9.99. The molecule has 1 N–H and O–H groups in total. The minimum Gasteiger partial charge on any atom is -0.340 e. The largest absolute Gasteiger partial charge is 0.340 e. The van der Waals surface area contributed by atoms with Gasteiger partial charge in [0, 0.05) is 24.6 Å². The van der Waals surface area contributed by atoms with Crippen molar-refractivity contribution in [3.8, 4) is 0 Å². The van der Waals surface area contributed by atoms with Crippen LogP contribution in [0.1, 0.15) is 38.5 Å². The summed E-state index contributed by atoms with van der Waals surface area (Å²) >= 11 is 1.90. The summed E-state index contributed by atoms with van der Waals surface area (Å²) in [5.41, 5.74) is 0. The Morgan fingerprint density at radius 1 is 1.28 bits per heavy atom. The molecule has 1 aliphatic carbocycles. The van der Waals surface area contributed by atoms with Crippen LogP contribution in [0.25, 0.3) is 0 Å². The van der Waals surface area contributed by atoms with E-state index in [-0.39, 0.29) is 6.04 Å². The van der Waals surface area contributed by atoms with Crippen LogP contribution in [0, 0.1) is 5.92 Å². The van der Waals surface area contributed by atoms with Crippen LogP contribution in [0.4, 0.5) is 0 Å². The molecule has 2 aliphatic rings. The Balaban J connectivity index is 1.90. The molecule has 104 valence electrons. The molecule has 0 spiro atoms. The van der Waals surface area contributed by atoms with Crippen molar-refractivity contribution in [1.29, 1.82) is 0 Å². The first-order valence-corrected chi connectivity index (χ1v) is 8.50. The molecule has 1 heterocycles. The predicted octanol–water partition coefficient (Wildman–Crippen LogP) is 2.12. The van der Waals surface area contributed by atoms with Crippen molar-refractivity contribution in [3.05, 3.63) is 0 Å². The highest BCUT2D eigenvalue weighted by Crippen LogP contribution is 2.24. The number of carbonyl (C=O) groups is 1. The summed E-state index contributed by atoms with van der Waals surface area (Å²) in [6.07, 6.45) is 8.13.